The van der Waals surface area contributed by atoms with E-state index in [0.717, 1.165) is 30.4 Å². The van der Waals surface area contributed by atoms with E-state index in [2.05, 4.69) is 20.8 Å². The van der Waals surface area contributed by atoms with Crippen molar-refractivity contribution < 1.29 is 4.79 Å². The fraction of sp³-hybridized carbons (Fsp3) is 0.562. The van der Waals surface area contributed by atoms with Gasteiger partial charge >= 0.3 is 0 Å². The van der Waals surface area contributed by atoms with Gasteiger partial charge in [-0.15, -0.1) is 0 Å². The smallest absolute Gasteiger partial charge is 0.256 e. The number of hydrogen-bond acceptors (Lipinski definition) is 3. The fourth-order valence-electron chi connectivity index (χ4n) is 2.84. The van der Waals surface area contributed by atoms with Crippen LogP contribution in [-0.2, 0) is 0 Å². The minimum Gasteiger partial charge on any atom is -0.398 e. The SMILES string of the molecule is CN(C)CCN(C(=O)c1cc(Br)ccc1N)C1CCCC1. The first-order valence-electron chi connectivity index (χ1n) is 7.50. The molecule has 21 heavy (non-hydrogen) atoms. The third kappa shape index (κ3) is 4.20. The van der Waals surface area contributed by atoms with Crippen molar-refractivity contribution in [3.05, 3.63) is 28.2 Å². The quantitative estimate of drug-likeness (QED) is 0.827. The fourth-order valence-corrected chi connectivity index (χ4v) is 3.20. The number of amides is 1. The highest BCUT2D eigenvalue weighted by Gasteiger charge is 2.28. The van der Waals surface area contributed by atoms with Crippen LogP contribution in [0.2, 0.25) is 0 Å². The zero-order valence-corrected chi connectivity index (χ0v) is 14.4. The summed E-state index contributed by atoms with van der Waals surface area (Å²) >= 11 is 3.42. The Labute approximate surface area is 135 Å². The third-order valence-electron chi connectivity index (χ3n) is 4.06. The number of nitrogen functional groups attached to an aromatic ring is 1. The van der Waals surface area contributed by atoms with Crippen LogP contribution < -0.4 is 5.73 Å². The summed E-state index contributed by atoms with van der Waals surface area (Å²) in [5, 5.41) is 0. The molecule has 0 spiro atoms. The lowest BCUT2D eigenvalue weighted by atomic mass is 10.1. The van der Waals surface area contributed by atoms with E-state index < -0.39 is 0 Å². The predicted molar refractivity (Wildman–Crippen MR) is 90.4 cm³/mol. The van der Waals surface area contributed by atoms with Crippen molar-refractivity contribution in [2.24, 2.45) is 0 Å². The summed E-state index contributed by atoms with van der Waals surface area (Å²) in [4.78, 5) is 17.1. The molecule has 0 saturated heterocycles. The van der Waals surface area contributed by atoms with E-state index in [1.54, 1.807) is 6.07 Å². The van der Waals surface area contributed by atoms with Gasteiger partial charge in [0.15, 0.2) is 0 Å². The number of likely N-dealkylation sites (N-methyl/N-ethyl adjacent to an activating group) is 1. The Morgan fingerprint density at radius 2 is 1.95 bits per heavy atom. The summed E-state index contributed by atoms with van der Waals surface area (Å²) in [5.41, 5.74) is 7.16. The van der Waals surface area contributed by atoms with E-state index in [1.807, 2.05) is 31.1 Å². The molecule has 0 aromatic heterocycles. The van der Waals surface area contributed by atoms with Crippen LogP contribution in [0.4, 0.5) is 5.69 Å². The molecule has 0 aliphatic heterocycles. The number of rotatable bonds is 5. The van der Waals surface area contributed by atoms with E-state index in [0.29, 0.717) is 17.3 Å². The minimum atomic E-state index is 0.0579. The van der Waals surface area contributed by atoms with E-state index in [9.17, 15) is 4.79 Å². The Kier molecular flexibility index (Phi) is 5.65. The van der Waals surface area contributed by atoms with E-state index in [4.69, 9.17) is 5.73 Å². The van der Waals surface area contributed by atoms with Gasteiger partial charge in [0.05, 0.1) is 5.56 Å². The van der Waals surface area contributed by atoms with Crippen molar-refractivity contribution in [3.8, 4) is 0 Å². The van der Waals surface area contributed by atoms with Gasteiger partial charge in [0, 0.05) is 29.3 Å². The van der Waals surface area contributed by atoms with Crippen molar-refractivity contribution in [2.75, 3.05) is 32.9 Å². The molecular weight excluding hydrogens is 330 g/mol. The van der Waals surface area contributed by atoms with Gasteiger partial charge in [0.2, 0.25) is 0 Å². The van der Waals surface area contributed by atoms with Crippen LogP contribution in [-0.4, -0.2) is 48.9 Å². The minimum absolute atomic E-state index is 0.0579. The molecule has 1 aromatic rings. The molecule has 1 amide bonds. The number of hydrogen-bond donors (Lipinski definition) is 1. The lowest BCUT2D eigenvalue weighted by molar-refractivity contribution is 0.0668. The number of halogens is 1. The van der Waals surface area contributed by atoms with Crippen LogP contribution in [0.3, 0.4) is 0 Å². The van der Waals surface area contributed by atoms with Gasteiger partial charge in [-0.1, -0.05) is 28.8 Å². The lowest BCUT2D eigenvalue weighted by Gasteiger charge is -2.30. The number of anilines is 1. The van der Waals surface area contributed by atoms with Gasteiger partial charge in [-0.25, -0.2) is 0 Å². The molecule has 0 unspecified atom stereocenters. The Morgan fingerprint density at radius 1 is 1.29 bits per heavy atom. The lowest BCUT2D eigenvalue weighted by Crippen LogP contribution is -2.43. The van der Waals surface area contributed by atoms with Gasteiger partial charge in [-0.2, -0.15) is 0 Å². The van der Waals surface area contributed by atoms with E-state index in [1.165, 1.54) is 12.8 Å². The Hall–Kier alpha value is -1.07. The summed E-state index contributed by atoms with van der Waals surface area (Å²) in [5.74, 6) is 0.0579. The van der Waals surface area contributed by atoms with Gasteiger partial charge in [0.25, 0.3) is 5.91 Å². The van der Waals surface area contributed by atoms with Gasteiger partial charge in [-0.3, -0.25) is 4.79 Å². The highest BCUT2D eigenvalue weighted by atomic mass is 79.9. The highest BCUT2D eigenvalue weighted by Crippen LogP contribution is 2.27. The predicted octanol–water partition coefficient (Wildman–Crippen LogP) is 2.98. The van der Waals surface area contributed by atoms with Crippen molar-refractivity contribution in [2.45, 2.75) is 31.7 Å². The van der Waals surface area contributed by atoms with Crippen molar-refractivity contribution >= 4 is 27.5 Å². The van der Waals surface area contributed by atoms with Crippen LogP contribution in [0.25, 0.3) is 0 Å². The molecule has 0 atom stereocenters. The molecule has 116 valence electrons. The third-order valence-corrected chi connectivity index (χ3v) is 4.55. The second kappa shape index (κ2) is 7.27. The maximum absolute atomic E-state index is 12.9. The molecule has 1 fully saturated rings. The van der Waals surface area contributed by atoms with Crippen molar-refractivity contribution in [3.63, 3.8) is 0 Å². The maximum atomic E-state index is 12.9. The molecule has 1 saturated carbocycles. The Bertz CT molecular complexity index is 498. The number of benzene rings is 1. The molecule has 2 rings (SSSR count). The Balaban J connectivity index is 2.21. The molecular formula is C16H24BrN3O. The summed E-state index contributed by atoms with van der Waals surface area (Å²) in [7, 11) is 4.07. The average Bonchev–Trinajstić information content (AvgIpc) is 2.95. The average molecular weight is 354 g/mol. The number of nitrogens with zero attached hydrogens (tertiary/aromatic N) is 2. The van der Waals surface area contributed by atoms with Crippen LogP contribution in [0, 0.1) is 0 Å². The summed E-state index contributed by atoms with van der Waals surface area (Å²) < 4.78 is 0.888. The summed E-state index contributed by atoms with van der Waals surface area (Å²) in [6, 6.07) is 5.84. The van der Waals surface area contributed by atoms with Gasteiger partial charge in [-0.05, 0) is 45.1 Å². The summed E-state index contributed by atoms with van der Waals surface area (Å²) in [6.45, 7) is 1.62. The van der Waals surface area contributed by atoms with Gasteiger partial charge < -0.3 is 15.5 Å². The molecule has 4 nitrogen and oxygen atoms in total. The zero-order valence-electron chi connectivity index (χ0n) is 12.8. The molecule has 1 aliphatic carbocycles. The highest BCUT2D eigenvalue weighted by molar-refractivity contribution is 9.10. The molecule has 2 N–H and O–H groups in total. The van der Waals surface area contributed by atoms with Crippen molar-refractivity contribution in [1.82, 2.24) is 9.80 Å². The van der Waals surface area contributed by atoms with Crippen LogP contribution in [0.5, 0.6) is 0 Å². The number of carbonyl (C=O) groups is 1. The first-order valence-corrected chi connectivity index (χ1v) is 8.29. The first kappa shape index (κ1) is 16.3. The topological polar surface area (TPSA) is 49.6 Å². The van der Waals surface area contributed by atoms with Gasteiger partial charge in [0.1, 0.15) is 0 Å². The van der Waals surface area contributed by atoms with Crippen LogP contribution in [0.15, 0.2) is 22.7 Å². The molecule has 0 heterocycles. The van der Waals surface area contributed by atoms with Crippen LogP contribution in [0.1, 0.15) is 36.0 Å². The standard InChI is InChI=1S/C16H24BrN3O/c1-19(2)9-10-20(13-5-3-4-6-13)16(21)14-11-12(17)7-8-15(14)18/h7-8,11,13H,3-6,9-10,18H2,1-2H3. The first-order chi connectivity index (χ1) is 9.99. The zero-order chi connectivity index (χ0) is 15.4. The number of carbonyl (C=O) groups excluding carboxylic acids is 1. The molecule has 1 aliphatic rings. The van der Waals surface area contributed by atoms with E-state index >= 15 is 0 Å². The monoisotopic (exact) mass is 353 g/mol. The largest absolute Gasteiger partial charge is 0.398 e. The summed E-state index contributed by atoms with van der Waals surface area (Å²) in [6.07, 6.45) is 4.63. The molecule has 1 aromatic carbocycles. The molecule has 5 heteroatoms. The maximum Gasteiger partial charge on any atom is 0.256 e. The Morgan fingerprint density at radius 3 is 2.57 bits per heavy atom. The van der Waals surface area contributed by atoms with E-state index in [-0.39, 0.29) is 5.91 Å². The second-order valence-electron chi connectivity index (χ2n) is 5.97. The van der Waals surface area contributed by atoms with Crippen LogP contribution >= 0.6 is 15.9 Å². The number of nitrogens with two attached hydrogens (primary N) is 1. The second-order valence-corrected chi connectivity index (χ2v) is 6.89. The molecule has 0 bridgehead atoms. The van der Waals surface area contributed by atoms with Crippen molar-refractivity contribution in [1.29, 1.82) is 0 Å². The normalized spacial score (nSPS) is 15.6. The molecule has 0 radical (unpaired) electrons.